The summed E-state index contributed by atoms with van der Waals surface area (Å²) in [7, 11) is 4.38. The number of hydrogen-bond acceptors (Lipinski definition) is 8. The van der Waals surface area contributed by atoms with Crippen LogP contribution >= 0.6 is 23.2 Å². The number of ether oxygens (including phenoxy) is 2. The molecule has 13 heteroatoms. The van der Waals surface area contributed by atoms with Crippen LogP contribution < -0.4 is 21.3 Å². The fraction of sp³-hybridized carbons (Fsp3) is 0.343. The molecule has 48 heavy (non-hydrogen) atoms. The quantitative estimate of drug-likeness (QED) is 0.249. The van der Waals surface area contributed by atoms with E-state index in [1.165, 1.54) is 20.3 Å². The molecule has 11 nitrogen and oxygen atoms in total. The number of halogens is 2. The fourth-order valence-electron chi connectivity index (χ4n) is 6.69. The number of methoxy groups -OCH3 is 1. The maximum absolute atomic E-state index is 13.1. The number of aromatic nitrogens is 3. The third-order valence-corrected chi connectivity index (χ3v) is 9.92. The number of rotatable bonds is 8. The summed E-state index contributed by atoms with van der Waals surface area (Å²) in [4.78, 5) is 57.4. The number of esters is 1. The average Bonchev–Trinajstić information content (AvgIpc) is 3.74. The standard InChI is InChI=1S/C35H35Cl2N5O6/c1-5-48-34(45)20-14-15-42(17-20)27-13-12-19-16-26(39-32(47-4)28(19)27)23-10-6-8-21(29(23)36)22-9-7-11-25(30(22)37)38-31(43)24-18-40(2)35(46)41(3)33(24)44/h6-11,16,18,20,27H,5,12-15,17H2,1-4H3,(H,38,43). The Morgan fingerprint density at radius 1 is 1.02 bits per heavy atom. The van der Waals surface area contributed by atoms with E-state index in [-0.39, 0.29) is 34.2 Å². The van der Waals surface area contributed by atoms with Gasteiger partial charge >= 0.3 is 11.7 Å². The first-order chi connectivity index (χ1) is 23.0. The number of benzene rings is 2. The fourth-order valence-corrected chi connectivity index (χ4v) is 7.29. The maximum atomic E-state index is 13.1. The first kappa shape index (κ1) is 33.5. The Labute approximate surface area is 287 Å². The van der Waals surface area contributed by atoms with Gasteiger partial charge in [-0.15, -0.1) is 0 Å². The molecule has 2 unspecified atom stereocenters. The lowest BCUT2D eigenvalue weighted by molar-refractivity contribution is -0.147. The molecule has 250 valence electrons. The first-order valence-electron chi connectivity index (χ1n) is 15.7. The lowest BCUT2D eigenvalue weighted by atomic mass is 9.99. The van der Waals surface area contributed by atoms with Crippen molar-refractivity contribution in [3.05, 3.63) is 96.2 Å². The molecule has 1 fully saturated rings. The highest BCUT2D eigenvalue weighted by atomic mass is 35.5. The Bertz CT molecular complexity index is 2060. The van der Waals surface area contributed by atoms with Crippen molar-refractivity contribution in [3.8, 4) is 28.3 Å². The summed E-state index contributed by atoms with van der Waals surface area (Å²) in [6, 6.07) is 12.8. The van der Waals surface area contributed by atoms with Crippen molar-refractivity contribution >= 4 is 40.8 Å². The van der Waals surface area contributed by atoms with E-state index in [9.17, 15) is 19.2 Å². The largest absolute Gasteiger partial charge is 0.481 e. The molecule has 0 saturated carbocycles. The number of likely N-dealkylation sites (tertiary alicyclic amines) is 1. The predicted octanol–water partition coefficient (Wildman–Crippen LogP) is 5.25. The summed E-state index contributed by atoms with van der Waals surface area (Å²) in [6.07, 6.45) is 3.68. The number of nitrogens with zero attached hydrogens (tertiary/aromatic N) is 4. The lowest BCUT2D eigenvalue weighted by Gasteiger charge is -2.25. The van der Waals surface area contributed by atoms with Gasteiger partial charge in [0.05, 0.1) is 41.1 Å². The van der Waals surface area contributed by atoms with E-state index >= 15 is 0 Å². The van der Waals surface area contributed by atoms with Gasteiger partial charge in [-0.3, -0.25) is 23.9 Å². The second-order valence-corrected chi connectivity index (χ2v) is 12.7. The Balaban J connectivity index is 1.30. The minimum absolute atomic E-state index is 0.0930. The number of anilines is 1. The van der Waals surface area contributed by atoms with Crippen molar-refractivity contribution < 1.29 is 19.1 Å². The molecule has 2 aliphatic rings. The number of aryl methyl sites for hydroxylation is 2. The summed E-state index contributed by atoms with van der Waals surface area (Å²) >= 11 is 13.9. The zero-order valence-corrected chi connectivity index (χ0v) is 28.5. The smallest absolute Gasteiger partial charge is 0.330 e. The summed E-state index contributed by atoms with van der Waals surface area (Å²) in [6.45, 7) is 3.64. The molecule has 0 spiro atoms. The van der Waals surface area contributed by atoms with Crippen molar-refractivity contribution in [2.75, 3.05) is 32.1 Å². The molecule has 2 aromatic carbocycles. The molecule has 1 amide bonds. The van der Waals surface area contributed by atoms with E-state index in [4.69, 9.17) is 37.7 Å². The predicted molar refractivity (Wildman–Crippen MR) is 184 cm³/mol. The van der Waals surface area contributed by atoms with Gasteiger partial charge in [0.1, 0.15) is 5.56 Å². The molecule has 2 aromatic heterocycles. The molecule has 1 aliphatic heterocycles. The normalized spacial score (nSPS) is 17.3. The molecule has 3 heterocycles. The zero-order valence-electron chi connectivity index (χ0n) is 27.0. The molecular formula is C35H35Cl2N5O6. The summed E-state index contributed by atoms with van der Waals surface area (Å²) < 4.78 is 13.1. The first-order valence-corrected chi connectivity index (χ1v) is 16.4. The Morgan fingerprint density at radius 3 is 2.46 bits per heavy atom. The van der Waals surface area contributed by atoms with E-state index in [2.05, 4.69) is 10.2 Å². The highest BCUT2D eigenvalue weighted by Crippen LogP contribution is 2.46. The van der Waals surface area contributed by atoms with Gasteiger partial charge in [-0.1, -0.05) is 53.5 Å². The van der Waals surface area contributed by atoms with Crippen molar-refractivity contribution in [1.82, 2.24) is 19.0 Å². The minimum Gasteiger partial charge on any atom is -0.481 e. The summed E-state index contributed by atoms with van der Waals surface area (Å²) in [5, 5.41) is 3.34. The van der Waals surface area contributed by atoms with E-state index in [1.54, 1.807) is 25.3 Å². The van der Waals surface area contributed by atoms with Gasteiger partial charge < -0.3 is 19.4 Å². The Kier molecular flexibility index (Phi) is 9.46. The number of fused-ring (bicyclic) bond motifs is 1. The monoisotopic (exact) mass is 691 g/mol. The van der Waals surface area contributed by atoms with Crippen molar-refractivity contribution in [2.24, 2.45) is 20.0 Å². The Morgan fingerprint density at radius 2 is 1.73 bits per heavy atom. The van der Waals surface area contributed by atoms with Gasteiger partial charge in [0.25, 0.3) is 11.5 Å². The lowest BCUT2D eigenvalue weighted by Crippen LogP contribution is -2.40. The van der Waals surface area contributed by atoms with Crippen LogP contribution in [0.15, 0.2) is 58.3 Å². The van der Waals surface area contributed by atoms with Gasteiger partial charge in [-0.25, -0.2) is 9.78 Å². The number of nitrogens with one attached hydrogen (secondary N) is 1. The van der Waals surface area contributed by atoms with Crippen LogP contribution in [0.1, 0.15) is 47.3 Å². The van der Waals surface area contributed by atoms with Crippen LogP contribution in [0.4, 0.5) is 5.69 Å². The highest BCUT2D eigenvalue weighted by Gasteiger charge is 2.38. The minimum atomic E-state index is -0.719. The molecule has 4 aromatic rings. The van der Waals surface area contributed by atoms with Crippen LogP contribution in [0, 0.1) is 5.92 Å². The van der Waals surface area contributed by atoms with E-state index in [0.717, 1.165) is 46.1 Å². The third-order valence-electron chi connectivity index (χ3n) is 9.11. The van der Waals surface area contributed by atoms with E-state index < -0.39 is 17.2 Å². The second kappa shape index (κ2) is 13.6. The summed E-state index contributed by atoms with van der Waals surface area (Å²) in [5.41, 5.74) is 3.48. The van der Waals surface area contributed by atoms with Crippen LogP contribution in [0.3, 0.4) is 0 Å². The topological polar surface area (TPSA) is 125 Å². The van der Waals surface area contributed by atoms with Crippen molar-refractivity contribution in [2.45, 2.75) is 32.2 Å². The highest BCUT2D eigenvalue weighted by molar-refractivity contribution is 6.39. The number of amides is 1. The number of carbonyl (C=O) groups excluding carboxylic acids is 2. The molecule has 1 saturated heterocycles. The molecule has 2 atom stereocenters. The molecule has 6 rings (SSSR count). The van der Waals surface area contributed by atoms with Crippen LogP contribution in [0.5, 0.6) is 5.88 Å². The van der Waals surface area contributed by atoms with Crippen molar-refractivity contribution in [1.29, 1.82) is 0 Å². The second-order valence-electron chi connectivity index (χ2n) is 12.0. The van der Waals surface area contributed by atoms with Crippen LogP contribution in [0.25, 0.3) is 22.4 Å². The molecule has 0 radical (unpaired) electrons. The van der Waals surface area contributed by atoms with Crippen LogP contribution in [-0.2, 0) is 30.0 Å². The number of pyridine rings is 1. The Hall–Kier alpha value is -4.45. The summed E-state index contributed by atoms with van der Waals surface area (Å²) in [5.74, 6) is -0.453. The van der Waals surface area contributed by atoms with Gasteiger partial charge in [0, 0.05) is 55.1 Å². The zero-order chi connectivity index (χ0) is 34.3. The number of hydrogen-bond donors (Lipinski definition) is 1. The SMILES string of the molecule is CCOC(=O)C1CCN(C2CCc3cc(-c4cccc(-c5cccc(NC(=O)c6cn(C)c(=O)n(C)c6=O)c5Cl)c4Cl)nc(OC)c32)C1. The number of carbonyl (C=O) groups is 2. The maximum Gasteiger partial charge on any atom is 0.330 e. The van der Waals surface area contributed by atoms with E-state index in [0.29, 0.717) is 46.4 Å². The van der Waals surface area contributed by atoms with Crippen LogP contribution in [-0.4, -0.2) is 57.7 Å². The third kappa shape index (κ3) is 6.02. The molecule has 1 N–H and O–H groups in total. The van der Waals surface area contributed by atoms with Crippen LogP contribution in [0.2, 0.25) is 10.0 Å². The van der Waals surface area contributed by atoms with Gasteiger partial charge in [0.2, 0.25) is 5.88 Å². The molecular weight excluding hydrogens is 657 g/mol. The molecule has 0 bridgehead atoms. The van der Waals surface area contributed by atoms with Gasteiger partial charge in [-0.05, 0) is 50.4 Å². The van der Waals surface area contributed by atoms with Gasteiger partial charge in [-0.2, -0.15) is 0 Å². The molecule has 1 aliphatic carbocycles. The average molecular weight is 693 g/mol. The van der Waals surface area contributed by atoms with Gasteiger partial charge in [0.15, 0.2) is 0 Å². The van der Waals surface area contributed by atoms with E-state index in [1.807, 2.05) is 31.2 Å². The van der Waals surface area contributed by atoms with Crippen molar-refractivity contribution in [3.63, 3.8) is 0 Å².